The summed E-state index contributed by atoms with van der Waals surface area (Å²) in [5.74, 6) is 1.17. The van der Waals surface area contributed by atoms with Crippen LogP contribution in [0.4, 0.5) is 0 Å². The Morgan fingerprint density at radius 2 is 1.89 bits per heavy atom. The third kappa shape index (κ3) is 4.71. The minimum absolute atomic E-state index is 0.271. The van der Waals surface area contributed by atoms with E-state index in [2.05, 4.69) is 22.4 Å². The lowest BCUT2D eigenvalue weighted by molar-refractivity contribution is 0.0957. The van der Waals surface area contributed by atoms with E-state index >= 15 is 0 Å². The molecule has 3 aromatic rings. The van der Waals surface area contributed by atoms with Gasteiger partial charge in [-0.1, -0.05) is 32.0 Å². The van der Waals surface area contributed by atoms with Crippen molar-refractivity contribution in [3.05, 3.63) is 59.8 Å². The molecule has 146 valence electrons. The SMILES string of the molecule is CCCOc1ccc(/C=N\NC(=O)c2c[nH]c3ccccc23)c(OCCC)c1. The third-order valence-corrected chi connectivity index (χ3v) is 4.12. The molecule has 0 aliphatic carbocycles. The van der Waals surface area contributed by atoms with Crippen LogP contribution in [0.25, 0.3) is 10.9 Å². The Labute approximate surface area is 164 Å². The van der Waals surface area contributed by atoms with Crippen LogP contribution in [0.2, 0.25) is 0 Å². The van der Waals surface area contributed by atoms with Crippen LogP contribution < -0.4 is 14.9 Å². The molecule has 0 atom stereocenters. The number of ether oxygens (including phenoxy) is 2. The van der Waals surface area contributed by atoms with Crippen LogP contribution in [0.5, 0.6) is 11.5 Å². The number of hydrazone groups is 1. The number of carbonyl (C=O) groups excluding carboxylic acids is 1. The van der Waals surface area contributed by atoms with Crippen LogP contribution in [-0.4, -0.2) is 30.3 Å². The highest BCUT2D eigenvalue weighted by molar-refractivity contribution is 6.06. The van der Waals surface area contributed by atoms with E-state index in [9.17, 15) is 4.79 Å². The fourth-order valence-corrected chi connectivity index (χ4v) is 2.75. The van der Waals surface area contributed by atoms with E-state index < -0.39 is 0 Å². The number of fused-ring (bicyclic) bond motifs is 1. The number of nitrogens with one attached hydrogen (secondary N) is 2. The minimum atomic E-state index is -0.271. The van der Waals surface area contributed by atoms with Crippen LogP contribution >= 0.6 is 0 Å². The number of nitrogens with zero attached hydrogens (tertiary/aromatic N) is 1. The summed E-state index contributed by atoms with van der Waals surface area (Å²) in [5.41, 5.74) is 4.82. The zero-order chi connectivity index (χ0) is 19.8. The van der Waals surface area contributed by atoms with Crippen molar-refractivity contribution in [2.75, 3.05) is 13.2 Å². The molecule has 0 saturated carbocycles. The zero-order valence-electron chi connectivity index (χ0n) is 16.2. The van der Waals surface area contributed by atoms with E-state index in [-0.39, 0.29) is 5.91 Å². The van der Waals surface area contributed by atoms with Gasteiger partial charge in [0.15, 0.2) is 0 Å². The molecule has 3 rings (SSSR count). The number of hydrogen-bond donors (Lipinski definition) is 2. The predicted octanol–water partition coefficient (Wildman–Crippen LogP) is 4.51. The maximum atomic E-state index is 12.4. The quantitative estimate of drug-likeness (QED) is 0.424. The van der Waals surface area contributed by atoms with E-state index in [0.717, 1.165) is 35.1 Å². The molecule has 28 heavy (non-hydrogen) atoms. The van der Waals surface area contributed by atoms with Gasteiger partial charge in [0, 0.05) is 28.7 Å². The first-order valence-electron chi connectivity index (χ1n) is 9.52. The molecule has 1 aromatic heterocycles. The summed E-state index contributed by atoms with van der Waals surface area (Å²) in [6, 6.07) is 13.2. The van der Waals surface area contributed by atoms with Gasteiger partial charge < -0.3 is 14.5 Å². The fraction of sp³-hybridized carbons (Fsp3) is 0.273. The fourth-order valence-electron chi connectivity index (χ4n) is 2.75. The number of H-pyrrole nitrogens is 1. The van der Waals surface area contributed by atoms with Gasteiger partial charge in [0.2, 0.25) is 0 Å². The average molecular weight is 379 g/mol. The van der Waals surface area contributed by atoms with Gasteiger partial charge in [-0.25, -0.2) is 5.43 Å². The Balaban J connectivity index is 1.72. The second-order valence-electron chi connectivity index (χ2n) is 6.34. The first-order valence-corrected chi connectivity index (χ1v) is 9.52. The maximum Gasteiger partial charge on any atom is 0.273 e. The smallest absolute Gasteiger partial charge is 0.273 e. The van der Waals surface area contributed by atoms with Gasteiger partial charge in [0.05, 0.1) is 25.0 Å². The molecule has 2 N–H and O–H groups in total. The van der Waals surface area contributed by atoms with E-state index in [1.165, 1.54) is 0 Å². The second kappa shape index (κ2) is 9.60. The number of benzene rings is 2. The number of amides is 1. The van der Waals surface area contributed by atoms with Crippen molar-refractivity contribution in [3.8, 4) is 11.5 Å². The summed E-state index contributed by atoms with van der Waals surface area (Å²) in [4.78, 5) is 15.5. The van der Waals surface area contributed by atoms with E-state index in [0.29, 0.717) is 24.5 Å². The molecule has 0 radical (unpaired) electrons. The Hall–Kier alpha value is -3.28. The molecule has 0 unspecified atom stereocenters. The van der Waals surface area contributed by atoms with E-state index in [4.69, 9.17) is 9.47 Å². The van der Waals surface area contributed by atoms with Gasteiger partial charge in [-0.15, -0.1) is 0 Å². The van der Waals surface area contributed by atoms with Crippen molar-refractivity contribution in [2.24, 2.45) is 5.10 Å². The molecule has 0 saturated heterocycles. The van der Waals surface area contributed by atoms with Crippen molar-refractivity contribution in [1.82, 2.24) is 10.4 Å². The monoisotopic (exact) mass is 379 g/mol. The summed E-state index contributed by atoms with van der Waals surface area (Å²) >= 11 is 0. The Morgan fingerprint density at radius 3 is 2.71 bits per heavy atom. The minimum Gasteiger partial charge on any atom is -0.493 e. The Morgan fingerprint density at radius 1 is 1.11 bits per heavy atom. The van der Waals surface area contributed by atoms with Crippen molar-refractivity contribution < 1.29 is 14.3 Å². The lowest BCUT2D eigenvalue weighted by atomic mass is 10.2. The van der Waals surface area contributed by atoms with Crippen molar-refractivity contribution in [1.29, 1.82) is 0 Å². The Kier molecular flexibility index (Phi) is 6.68. The van der Waals surface area contributed by atoms with Gasteiger partial charge in [0.25, 0.3) is 5.91 Å². The van der Waals surface area contributed by atoms with E-state index in [1.807, 2.05) is 49.4 Å². The van der Waals surface area contributed by atoms with Crippen molar-refractivity contribution in [3.63, 3.8) is 0 Å². The normalized spacial score (nSPS) is 11.1. The van der Waals surface area contributed by atoms with Crippen LogP contribution in [0.15, 0.2) is 53.8 Å². The lowest BCUT2D eigenvalue weighted by Crippen LogP contribution is -2.17. The highest BCUT2D eigenvalue weighted by Gasteiger charge is 2.11. The number of aromatic nitrogens is 1. The largest absolute Gasteiger partial charge is 0.493 e. The van der Waals surface area contributed by atoms with Gasteiger partial charge in [-0.2, -0.15) is 5.10 Å². The molecule has 0 spiro atoms. The molecular formula is C22H25N3O3. The van der Waals surface area contributed by atoms with Crippen LogP contribution in [0.1, 0.15) is 42.6 Å². The highest BCUT2D eigenvalue weighted by Crippen LogP contribution is 2.24. The number of hydrogen-bond acceptors (Lipinski definition) is 4. The number of para-hydroxylation sites is 1. The van der Waals surface area contributed by atoms with E-state index in [1.54, 1.807) is 12.4 Å². The molecule has 1 heterocycles. The van der Waals surface area contributed by atoms with Gasteiger partial charge >= 0.3 is 0 Å². The number of aromatic amines is 1. The van der Waals surface area contributed by atoms with Crippen LogP contribution in [0, 0.1) is 0 Å². The Bertz CT molecular complexity index is 963. The van der Waals surface area contributed by atoms with Gasteiger partial charge in [-0.05, 0) is 31.0 Å². The standard InChI is InChI=1S/C22H25N3O3/c1-3-11-27-17-10-9-16(21(13-17)28-12-4-2)14-24-25-22(26)19-15-23-20-8-6-5-7-18(19)20/h5-10,13-15,23H,3-4,11-12H2,1-2H3,(H,25,26)/b24-14-. The molecular weight excluding hydrogens is 354 g/mol. The van der Waals surface area contributed by atoms with Crippen molar-refractivity contribution >= 4 is 23.0 Å². The topological polar surface area (TPSA) is 75.7 Å². The molecule has 0 fully saturated rings. The first-order chi connectivity index (χ1) is 13.7. The predicted molar refractivity (Wildman–Crippen MR) is 111 cm³/mol. The summed E-state index contributed by atoms with van der Waals surface area (Å²) in [5, 5.41) is 4.97. The van der Waals surface area contributed by atoms with Gasteiger partial charge in [0.1, 0.15) is 11.5 Å². The zero-order valence-corrected chi connectivity index (χ0v) is 16.2. The maximum absolute atomic E-state index is 12.4. The van der Waals surface area contributed by atoms with Gasteiger partial charge in [-0.3, -0.25) is 4.79 Å². The summed E-state index contributed by atoms with van der Waals surface area (Å²) in [7, 11) is 0. The number of carbonyl (C=O) groups is 1. The average Bonchev–Trinajstić information content (AvgIpc) is 3.16. The van der Waals surface area contributed by atoms with Crippen LogP contribution in [0.3, 0.4) is 0 Å². The number of rotatable bonds is 9. The molecule has 6 nitrogen and oxygen atoms in total. The second-order valence-corrected chi connectivity index (χ2v) is 6.34. The first kappa shape index (κ1) is 19.5. The summed E-state index contributed by atoms with van der Waals surface area (Å²) in [6.07, 6.45) is 5.11. The van der Waals surface area contributed by atoms with Crippen LogP contribution in [-0.2, 0) is 0 Å². The third-order valence-electron chi connectivity index (χ3n) is 4.12. The summed E-state index contributed by atoms with van der Waals surface area (Å²) < 4.78 is 11.5. The molecule has 2 aromatic carbocycles. The molecule has 0 bridgehead atoms. The van der Waals surface area contributed by atoms with Crippen molar-refractivity contribution in [2.45, 2.75) is 26.7 Å². The molecule has 6 heteroatoms. The molecule has 0 aliphatic rings. The molecule has 0 aliphatic heterocycles. The summed E-state index contributed by atoms with van der Waals surface area (Å²) in [6.45, 7) is 5.36. The lowest BCUT2D eigenvalue weighted by Gasteiger charge is -2.11. The highest BCUT2D eigenvalue weighted by atomic mass is 16.5. The molecule has 1 amide bonds.